The van der Waals surface area contributed by atoms with E-state index in [1.807, 2.05) is 6.92 Å². The smallest absolute Gasteiger partial charge is 0.291 e. The number of carbonyl (C=O) groups is 1. The van der Waals surface area contributed by atoms with Gasteiger partial charge in [-0.1, -0.05) is 0 Å². The zero-order chi connectivity index (χ0) is 13.8. The second-order valence-corrected chi connectivity index (χ2v) is 3.99. The van der Waals surface area contributed by atoms with Crippen molar-refractivity contribution in [2.24, 2.45) is 0 Å². The molecule has 0 bridgehead atoms. The number of furan rings is 1. The van der Waals surface area contributed by atoms with Gasteiger partial charge in [-0.15, -0.1) is 0 Å². The fourth-order valence-electron chi connectivity index (χ4n) is 1.67. The molecule has 0 fully saturated rings. The van der Waals surface area contributed by atoms with Crippen LogP contribution >= 0.6 is 0 Å². The Morgan fingerprint density at radius 2 is 1.79 bits per heavy atom. The Bertz CT molecular complexity index is 567. The molecule has 0 saturated heterocycles. The molecule has 0 aliphatic rings. The molecule has 100 valence electrons. The third-order valence-corrected chi connectivity index (χ3v) is 2.68. The van der Waals surface area contributed by atoms with Gasteiger partial charge in [-0.05, 0) is 13.0 Å². The maximum Gasteiger partial charge on any atom is 0.291 e. The van der Waals surface area contributed by atoms with E-state index in [9.17, 15) is 4.79 Å². The Kier molecular flexibility index (Phi) is 3.75. The monoisotopic (exact) mass is 261 g/mol. The lowest BCUT2D eigenvalue weighted by Gasteiger charge is -2.09. The fraction of sp³-hybridized carbons (Fsp3) is 0.214. The zero-order valence-electron chi connectivity index (χ0n) is 11.0. The zero-order valence-corrected chi connectivity index (χ0v) is 11.0. The molecular weight excluding hydrogens is 246 g/mol. The van der Waals surface area contributed by atoms with Gasteiger partial charge in [-0.2, -0.15) is 0 Å². The number of amides is 1. The molecule has 0 radical (unpaired) electrons. The Balaban J connectivity index is 2.23. The van der Waals surface area contributed by atoms with Gasteiger partial charge in [-0.25, -0.2) is 0 Å². The van der Waals surface area contributed by atoms with E-state index in [1.54, 1.807) is 38.5 Å². The molecule has 1 heterocycles. The van der Waals surface area contributed by atoms with Crippen molar-refractivity contribution in [1.29, 1.82) is 0 Å². The summed E-state index contributed by atoms with van der Waals surface area (Å²) in [5, 5.41) is 2.74. The second-order valence-electron chi connectivity index (χ2n) is 3.99. The first-order chi connectivity index (χ1) is 9.13. The Morgan fingerprint density at radius 1 is 1.16 bits per heavy atom. The van der Waals surface area contributed by atoms with Crippen LogP contribution in [0, 0.1) is 6.92 Å². The SMILES string of the molecule is COc1cc(NC(=O)c2occc2C)cc(OC)c1. The highest BCUT2D eigenvalue weighted by atomic mass is 16.5. The van der Waals surface area contributed by atoms with Crippen LogP contribution in [-0.4, -0.2) is 20.1 Å². The van der Waals surface area contributed by atoms with Gasteiger partial charge in [0.25, 0.3) is 5.91 Å². The first-order valence-electron chi connectivity index (χ1n) is 5.72. The van der Waals surface area contributed by atoms with Crippen LogP contribution in [-0.2, 0) is 0 Å². The number of methoxy groups -OCH3 is 2. The predicted molar refractivity (Wildman–Crippen MR) is 70.9 cm³/mol. The summed E-state index contributed by atoms with van der Waals surface area (Å²) in [6.07, 6.45) is 1.48. The molecule has 5 heteroatoms. The maximum atomic E-state index is 12.0. The molecule has 2 rings (SSSR count). The van der Waals surface area contributed by atoms with Gasteiger partial charge in [0.15, 0.2) is 5.76 Å². The Morgan fingerprint density at radius 3 is 2.26 bits per heavy atom. The van der Waals surface area contributed by atoms with Crippen LogP contribution in [0.4, 0.5) is 5.69 Å². The predicted octanol–water partition coefficient (Wildman–Crippen LogP) is 2.86. The quantitative estimate of drug-likeness (QED) is 0.919. The topological polar surface area (TPSA) is 60.7 Å². The molecule has 19 heavy (non-hydrogen) atoms. The van der Waals surface area contributed by atoms with Crippen molar-refractivity contribution in [3.63, 3.8) is 0 Å². The number of hydrogen-bond donors (Lipinski definition) is 1. The van der Waals surface area contributed by atoms with E-state index >= 15 is 0 Å². The molecule has 0 aliphatic carbocycles. The van der Waals surface area contributed by atoms with Crippen molar-refractivity contribution in [2.45, 2.75) is 6.92 Å². The van der Waals surface area contributed by atoms with Crippen LogP contribution in [0.15, 0.2) is 34.9 Å². The lowest BCUT2D eigenvalue weighted by atomic mass is 10.2. The van der Waals surface area contributed by atoms with Crippen LogP contribution < -0.4 is 14.8 Å². The third kappa shape index (κ3) is 2.88. The minimum atomic E-state index is -0.308. The molecule has 1 amide bonds. The molecule has 1 aromatic heterocycles. The minimum absolute atomic E-state index is 0.293. The normalized spacial score (nSPS) is 10.1. The van der Waals surface area contributed by atoms with E-state index in [2.05, 4.69) is 5.32 Å². The van der Waals surface area contributed by atoms with E-state index in [0.29, 0.717) is 22.9 Å². The highest BCUT2D eigenvalue weighted by Gasteiger charge is 2.13. The van der Waals surface area contributed by atoms with E-state index in [-0.39, 0.29) is 5.91 Å². The standard InChI is InChI=1S/C14H15NO4/c1-9-4-5-19-13(9)14(16)15-10-6-11(17-2)8-12(7-10)18-3/h4-8H,1-3H3,(H,15,16). The highest BCUT2D eigenvalue weighted by molar-refractivity contribution is 6.03. The molecule has 5 nitrogen and oxygen atoms in total. The first kappa shape index (κ1) is 13.0. The average molecular weight is 261 g/mol. The molecule has 0 saturated carbocycles. The summed E-state index contributed by atoms with van der Waals surface area (Å²) >= 11 is 0. The number of hydrogen-bond acceptors (Lipinski definition) is 4. The number of carbonyl (C=O) groups excluding carboxylic acids is 1. The van der Waals surface area contributed by atoms with Gasteiger partial charge in [0.05, 0.1) is 20.5 Å². The van der Waals surface area contributed by atoms with Gasteiger partial charge in [0, 0.05) is 29.4 Å². The summed E-state index contributed by atoms with van der Waals surface area (Å²) in [6.45, 7) is 1.81. The highest BCUT2D eigenvalue weighted by Crippen LogP contribution is 2.26. The van der Waals surface area contributed by atoms with Gasteiger partial charge >= 0.3 is 0 Å². The van der Waals surface area contributed by atoms with Crippen LogP contribution in [0.3, 0.4) is 0 Å². The molecule has 1 aromatic carbocycles. The number of aryl methyl sites for hydroxylation is 1. The number of nitrogens with one attached hydrogen (secondary N) is 1. The number of benzene rings is 1. The molecular formula is C14H15NO4. The van der Waals surface area contributed by atoms with Crippen molar-refractivity contribution in [2.75, 3.05) is 19.5 Å². The molecule has 0 spiro atoms. The largest absolute Gasteiger partial charge is 0.497 e. The Hall–Kier alpha value is -2.43. The summed E-state index contributed by atoms with van der Waals surface area (Å²) in [7, 11) is 3.11. The second kappa shape index (κ2) is 5.48. The Labute approximate surface area is 111 Å². The van der Waals surface area contributed by atoms with Crippen molar-refractivity contribution in [1.82, 2.24) is 0 Å². The number of rotatable bonds is 4. The maximum absolute atomic E-state index is 12.0. The van der Waals surface area contributed by atoms with Gasteiger partial charge in [-0.3, -0.25) is 4.79 Å². The number of anilines is 1. The van der Waals surface area contributed by atoms with Crippen LogP contribution in [0.25, 0.3) is 0 Å². The van der Waals surface area contributed by atoms with Crippen LogP contribution in [0.2, 0.25) is 0 Å². The van der Waals surface area contributed by atoms with Gasteiger partial charge in [0.2, 0.25) is 0 Å². The molecule has 0 aliphatic heterocycles. The first-order valence-corrected chi connectivity index (χ1v) is 5.72. The van der Waals surface area contributed by atoms with Crippen molar-refractivity contribution < 1.29 is 18.7 Å². The molecule has 0 unspecified atom stereocenters. The molecule has 0 atom stereocenters. The summed E-state index contributed by atoms with van der Waals surface area (Å²) < 4.78 is 15.4. The summed E-state index contributed by atoms with van der Waals surface area (Å²) in [6, 6.07) is 6.88. The summed E-state index contributed by atoms with van der Waals surface area (Å²) in [5.74, 6) is 1.19. The average Bonchev–Trinajstić information content (AvgIpc) is 2.84. The number of ether oxygens (including phenoxy) is 2. The minimum Gasteiger partial charge on any atom is -0.497 e. The summed E-state index contributed by atoms with van der Waals surface area (Å²) in [5.41, 5.74) is 1.37. The molecule has 1 N–H and O–H groups in total. The van der Waals surface area contributed by atoms with Crippen molar-refractivity contribution in [3.8, 4) is 11.5 Å². The lowest BCUT2D eigenvalue weighted by Crippen LogP contribution is -2.12. The third-order valence-electron chi connectivity index (χ3n) is 2.68. The van der Waals surface area contributed by atoms with E-state index in [1.165, 1.54) is 6.26 Å². The molecule has 2 aromatic rings. The van der Waals surface area contributed by atoms with Crippen LogP contribution in [0.5, 0.6) is 11.5 Å². The fourth-order valence-corrected chi connectivity index (χ4v) is 1.67. The van der Waals surface area contributed by atoms with Gasteiger partial charge in [0.1, 0.15) is 11.5 Å². The van der Waals surface area contributed by atoms with Crippen molar-refractivity contribution >= 4 is 11.6 Å². The summed E-state index contributed by atoms with van der Waals surface area (Å²) in [4.78, 5) is 12.0. The lowest BCUT2D eigenvalue weighted by molar-refractivity contribution is 0.0996. The van der Waals surface area contributed by atoms with E-state index < -0.39 is 0 Å². The van der Waals surface area contributed by atoms with E-state index in [4.69, 9.17) is 13.9 Å². The van der Waals surface area contributed by atoms with E-state index in [0.717, 1.165) is 5.56 Å². The van der Waals surface area contributed by atoms with Gasteiger partial charge < -0.3 is 19.2 Å². The van der Waals surface area contributed by atoms with Crippen LogP contribution in [0.1, 0.15) is 16.1 Å². The van der Waals surface area contributed by atoms with Crippen molar-refractivity contribution in [3.05, 3.63) is 41.9 Å².